The Kier molecular flexibility index (Phi) is 5.62. The smallest absolute Gasteiger partial charge is 0.0543 e. The summed E-state index contributed by atoms with van der Waals surface area (Å²) < 4.78 is 0. The van der Waals surface area contributed by atoms with Crippen LogP contribution in [0.5, 0.6) is 0 Å². The second kappa shape index (κ2) is 7.60. The molecular weight excluding hydrogens is 340 g/mol. The molecule has 158 valence electrons. The van der Waals surface area contributed by atoms with Gasteiger partial charge in [0.05, 0.1) is 6.10 Å². The van der Waals surface area contributed by atoms with Crippen LogP contribution >= 0.6 is 0 Å². The predicted octanol–water partition coefficient (Wildman–Crippen LogP) is 7.45. The van der Waals surface area contributed by atoms with Crippen molar-refractivity contribution < 1.29 is 5.11 Å². The first-order chi connectivity index (χ1) is 13.3. The number of fused-ring (bicyclic) bond motifs is 4. The van der Waals surface area contributed by atoms with Gasteiger partial charge in [-0.25, -0.2) is 0 Å². The van der Waals surface area contributed by atoms with Gasteiger partial charge in [0.1, 0.15) is 0 Å². The van der Waals surface area contributed by atoms with E-state index in [9.17, 15) is 5.11 Å². The highest BCUT2D eigenvalue weighted by molar-refractivity contribution is 5.49. The summed E-state index contributed by atoms with van der Waals surface area (Å²) in [6, 6.07) is 0. The van der Waals surface area contributed by atoms with Crippen molar-refractivity contribution in [3.8, 4) is 0 Å². The monoisotopic (exact) mass is 384 g/mol. The van der Waals surface area contributed by atoms with Crippen LogP contribution in [0.3, 0.4) is 0 Å². The maximum atomic E-state index is 10.2. The summed E-state index contributed by atoms with van der Waals surface area (Å²) in [6.07, 6.45) is 16.6. The Labute approximate surface area is 174 Å². The molecule has 0 aromatic rings. The molecule has 0 spiro atoms. The number of aliphatic hydroxyl groups is 1. The van der Waals surface area contributed by atoms with Crippen molar-refractivity contribution in [3.63, 3.8) is 0 Å². The number of rotatable bonds is 5. The zero-order chi connectivity index (χ0) is 20.1. The molecule has 0 aromatic carbocycles. The van der Waals surface area contributed by atoms with Crippen LogP contribution in [0, 0.1) is 34.5 Å². The highest BCUT2D eigenvalue weighted by atomic mass is 16.3. The van der Waals surface area contributed by atoms with Crippen molar-refractivity contribution in [2.45, 2.75) is 111 Å². The van der Waals surface area contributed by atoms with Crippen LogP contribution in [0.4, 0.5) is 0 Å². The molecule has 0 aliphatic heterocycles. The van der Waals surface area contributed by atoms with Crippen LogP contribution in [0.15, 0.2) is 22.8 Å². The van der Waals surface area contributed by atoms with Crippen molar-refractivity contribution >= 4 is 0 Å². The van der Waals surface area contributed by atoms with E-state index in [-0.39, 0.29) is 6.10 Å². The van der Waals surface area contributed by atoms with Crippen LogP contribution in [0.2, 0.25) is 0 Å². The van der Waals surface area contributed by atoms with Crippen molar-refractivity contribution in [1.29, 1.82) is 0 Å². The maximum Gasteiger partial charge on any atom is 0.0543 e. The Balaban J connectivity index is 1.54. The summed E-state index contributed by atoms with van der Waals surface area (Å²) in [4.78, 5) is 0. The average molecular weight is 385 g/mol. The maximum absolute atomic E-state index is 10.2. The Hall–Kier alpha value is -0.560. The van der Waals surface area contributed by atoms with E-state index in [4.69, 9.17) is 0 Å². The Morgan fingerprint density at radius 1 is 1.04 bits per heavy atom. The first-order valence-electron chi connectivity index (χ1n) is 12.4. The van der Waals surface area contributed by atoms with E-state index < -0.39 is 0 Å². The molecule has 1 fully saturated rings. The van der Waals surface area contributed by atoms with E-state index in [0.717, 1.165) is 30.6 Å². The Bertz CT molecular complexity index is 655. The van der Waals surface area contributed by atoms with Crippen LogP contribution in [-0.2, 0) is 0 Å². The van der Waals surface area contributed by atoms with Crippen molar-refractivity contribution in [2.24, 2.45) is 34.5 Å². The molecule has 0 saturated heterocycles. The standard InChI is InChI=1S/C27H44O/c1-18(2)7-6-8-19(3)23-11-12-24-22-10-9-20-17-21(28)13-15-26(20,4)25(22)14-16-27(23,24)5/h12,18-21,23,28H,6-11,13-17H2,1-5H3. The van der Waals surface area contributed by atoms with Crippen LogP contribution in [0.25, 0.3) is 0 Å². The quantitative estimate of drug-likeness (QED) is 0.521. The third-order valence-electron chi connectivity index (χ3n) is 9.61. The van der Waals surface area contributed by atoms with Gasteiger partial charge in [0, 0.05) is 0 Å². The average Bonchev–Trinajstić information content (AvgIpc) is 2.99. The number of allylic oxidation sites excluding steroid dienone is 4. The van der Waals surface area contributed by atoms with E-state index in [0.29, 0.717) is 16.7 Å². The summed E-state index contributed by atoms with van der Waals surface area (Å²) in [5, 5.41) is 10.2. The fourth-order valence-electron chi connectivity index (χ4n) is 7.78. The highest BCUT2D eigenvalue weighted by Gasteiger charge is 2.52. The molecule has 1 N–H and O–H groups in total. The molecule has 4 rings (SSSR count). The summed E-state index contributed by atoms with van der Waals surface area (Å²) in [5.41, 5.74) is 6.15. The van der Waals surface area contributed by atoms with E-state index >= 15 is 0 Å². The molecule has 4 aliphatic carbocycles. The third-order valence-corrected chi connectivity index (χ3v) is 9.61. The normalized spacial score (nSPS) is 41.4. The zero-order valence-electron chi connectivity index (χ0n) is 19.2. The minimum atomic E-state index is -0.0455. The Morgan fingerprint density at radius 2 is 1.82 bits per heavy atom. The minimum absolute atomic E-state index is 0.0455. The number of aliphatic hydroxyl groups excluding tert-OH is 1. The predicted molar refractivity (Wildman–Crippen MR) is 119 cm³/mol. The van der Waals surface area contributed by atoms with E-state index in [1.54, 1.807) is 11.1 Å². The van der Waals surface area contributed by atoms with Crippen molar-refractivity contribution in [2.75, 3.05) is 0 Å². The number of hydrogen-bond donors (Lipinski definition) is 1. The molecule has 4 aliphatic rings. The van der Waals surface area contributed by atoms with Gasteiger partial charge in [-0.05, 0) is 97.0 Å². The van der Waals surface area contributed by atoms with Crippen LogP contribution in [0.1, 0.15) is 105 Å². The molecule has 0 amide bonds. The first kappa shape index (κ1) is 20.7. The van der Waals surface area contributed by atoms with Crippen LogP contribution in [-0.4, -0.2) is 11.2 Å². The highest BCUT2D eigenvalue weighted by Crippen LogP contribution is 2.64. The summed E-state index contributed by atoms with van der Waals surface area (Å²) in [6.45, 7) is 12.4. The van der Waals surface area contributed by atoms with Gasteiger partial charge in [-0.15, -0.1) is 0 Å². The fraction of sp³-hybridized carbons (Fsp3) is 0.852. The lowest BCUT2D eigenvalue weighted by Gasteiger charge is -2.54. The molecule has 0 heterocycles. The molecule has 6 atom stereocenters. The van der Waals surface area contributed by atoms with Gasteiger partial charge in [0.2, 0.25) is 0 Å². The van der Waals surface area contributed by atoms with Gasteiger partial charge < -0.3 is 5.11 Å². The SMILES string of the molecule is CC(C)CCCC(C)C1CC=C2C3=C(CCC21C)C1(C)CCC(O)CC1CC3. The largest absolute Gasteiger partial charge is 0.393 e. The molecular formula is C27H44O. The van der Waals surface area contributed by atoms with Gasteiger partial charge in [-0.2, -0.15) is 0 Å². The van der Waals surface area contributed by atoms with Gasteiger partial charge in [-0.3, -0.25) is 0 Å². The molecule has 6 unspecified atom stereocenters. The van der Waals surface area contributed by atoms with E-state index in [1.165, 1.54) is 57.8 Å². The summed E-state index contributed by atoms with van der Waals surface area (Å²) >= 11 is 0. The topological polar surface area (TPSA) is 20.2 Å². The molecule has 0 aromatic heterocycles. The molecule has 0 radical (unpaired) electrons. The lowest BCUT2D eigenvalue weighted by Crippen LogP contribution is -2.44. The number of hydrogen-bond acceptors (Lipinski definition) is 1. The second-order valence-corrected chi connectivity index (χ2v) is 11.7. The van der Waals surface area contributed by atoms with Gasteiger partial charge in [0.15, 0.2) is 0 Å². The van der Waals surface area contributed by atoms with Crippen molar-refractivity contribution in [1.82, 2.24) is 0 Å². The second-order valence-electron chi connectivity index (χ2n) is 11.7. The van der Waals surface area contributed by atoms with Gasteiger partial charge in [0.25, 0.3) is 0 Å². The molecule has 28 heavy (non-hydrogen) atoms. The van der Waals surface area contributed by atoms with Gasteiger partial charge in [-0.1, -0.05) is 65.5 Å². The van der Waals surface area contributed by atoms with E-state index in [2.05, 4.69) is 40.7 Å². The summed E-state index contributed by atoms with van der Waals surface area (Å²) in [7, 11) is 0. The van der Waals surface area contributed by atoms with Crippen molar-refractivity contribution in [3.05, 3.63) is 22.8 Å². The molecule has 1 nitrogen and oxygen atoms in total. The summed E-state index contributed by atoms with van der Waals surface area (Å²) in [5.74, 6) is 3.25. The van der Waals surface area contributed by atoms with E-state index in [1.807, 2.05) is 5.57 Å². The Morgan fingerprint density at radius 3 is 2.57 bits per heavy atom. The molecule has 1 saturated carbocycles. The third kappa shape index (κ3) is 3.34. The minimum Gasteiger partial charge on any atom is -0.393 e. The zero-order valence-corrected chi connectivity index (χ0v) is 19.2. The lowest BCUT2D eigenvalue weighted by atomic mass is 9.51. The first-order valence-corrected chi connectivity index (χ1v) is 12.4. The fourth-order valence-corrected chi connectivity index (χ4v) is 7.78. The lowest BCUT2D eigenvalue weighted by molar-refractivity contribution is 0.0225. The molecule has 1 heteroatoms. The van der Waals surface area contributed by atoms with Gasteiger partial charge >= 0.3 is 0 Å². The van der Waals surface area contributed by atoms with Crippen LogP contribution < -0.4 is 0 Å². The molecule has 0 bridgehead atoms.